The fourth-order valence-electron chi connectivity index (χ4n) is 1.46. The van der Waals surface area contributed by atoms with Crippen LogP contribution < -0.4 is 0 Å². The van der Waals surface area contributed by atoms with Crippen molar-refractivity contribution in [1.82, 2.24) is 0 Å². The Kier molecular flexibility index (Phi) is 12.9. The minimum atomic E-state index is -1.28. The highest BCUT2D eigenvalue weighted by Crippen LogP contribution is 2.09. The van der Waals surface area contributed by atoms with E-state index in [2.05, 4.69) is 22.6 Å². The summed E-state index contributed by atoms with van der Waals surface area (Å²) in [6.07, 6.45) is 12.0. The second kappa shape index (κ2) is 12.5. The van der Waals surface area contributed by atoms with Gasteiger partial charge in [0.1, 0.15) is 0 Å². The van der Waals surface area contributed by atoms with Crippen molar-refractivity contribution in [3.63, 3.8) is 0 Å². The summed E-state index contributed by atoms with van der Waals surface area (Å²) in [7, 11) is -1.28. The number of halogens is 1. The van der Waals surface area contributed by atoms with Gasteiger partial charge in [-0.2, -0.15) is 0 Å². The lowest BCUT2D eigenvalue weighted by Gasteiger charge is -1.99. The Morgan fingerprint density at radius 3 is 1.93 bits per heavy atom. The molecule has 0 radical (unpaired) electrons. The van der Waals surface area contributed by atoms with Gasteiger partial charge in [-0.15, -0.1) is 0 Å². The van der Waals surface area contributed by atoms with Gasteiger partial charge in [0, 0.05) is 0 Å². The number of rotatable bonds is 10. The summed E-state index contributed by atoms with van der Waals surface area (Å²) < 4.78 is 1.28. The third-order valence-corrected chi connectivity index (χ3v) is 3.08. The first-order chi connectivity index (χ1) is 7.27. The van der Waals surface area contributed by atoms with Crippen LogP contribution >= 0.6 is 22.6 Å². The molecule has 0 amide bonds. The Balaban J connectivity index is 2.99. The zero-order valence-corrected chi connectivity index (χ0v) is 11.5. The summed E-state index contributed by atoms with van der Waals surface area (Å²) in [5.41, 5.74) is 0. The van der Waals surface area contributed by atoms with Gasteiger partial charge in [-0.1, -0.05) is 66.7 Å². The van der Waals surface area contributed by atoms with Gasteiger partial charge in [0.25, 0.3) is 0 Å². The molecule has 0 aliphatic heterocycles. The van der Waals surface area contributed by atoms with Crippen LogP contribution in [-0.2, 0) is 0 Å². The number of unbranched alkanes of at least 4 members (excludes halogenated alkanes) is 7. The van der Waals surface area contributed by atoms with E-state index in [-0.39, 0.29) is 0 Å². The fourth-order valence-corrected chi connectivity index (χ4v) is 2.00. The molecule has 0 aromatic heterocycles. The Morgan fingerprint density at radius 2 is 1.40 bits per heavy atom. The van der Waals surface area contributed by atoms with Gasteiger partial charge in [0.2, 0.25) is 0 Å². The molecule has 0 aromatic carbocycles. The van der Waals surface area contributed by atoms with E-state index in [1.165, 1.54) is 48.9 Å². The van der Waals surface area contributed by atoms with Gasteiger partial charge in [-0.3, -0.25) is 0 Å². The molecule has 0 atom stereocenters. The lowest BCUT2D eigenvalue weighted by molar-refractivity contribution is 0.424. The second-order valence-electron chi connectivity index (χ2n) is 3.79. The summed E-state index contributed by atoms with van der Waals surface area (Å²) >= 11 is 2.43. The molecule has 0 bridgehead atoms. The SMILES string of the molecule is OB(O)/C=C/CCCCCCCCCI. The molecule has 15 heavy (non-hydrogen) atoms. The first kappa shape index (κ1) is 15.5. The highest BCUT2D eigenvalue weighted by atomic mass is 127. The van der Waals surface area contributed by atoms with Crippen molar-refractivity contribution < 1.29 is 10.0 Å². The molecule has 0 unspecified atom stereocenters. The molecule has 0 fully saturated rings. The highest BCUT2D eigenvalue weighted by molar-refractivity contribution is 14.1. The van der Waals surface area contributed by atoms with E-state index < -0.39 is 7.12 Å². The molecule has 2 N–H and O–H groups in total. The maximum atomic E-state index is 8.54. The molecule has 0 rings (SSSR count). The molecule has 4 heteroatoms. The molecule has 2 nitrogen and oxygen atoms in total. The Labute approximate surface area is 107 Å². The van der Waals surface area contributed by atoms with Gasteiger partial charge in [-0.05, 0) is 23.7 Å². The third-order valence-electron chi connectivity index (χ3n) is 2.31. The van der Waals surface area contributed by atoms with Crippen LogP contribution in [0.4, 0.5) is 0 Å². The first-order valence-corrected chi connectivity index (χ1v) is 7.38. The number of hydrogen-bond acceptors (Lipinski definition) is 2. The highest BCUT2D eigenvalue weighted by Gasteiger charge is 1.96. The predicted molar refractivity (Wildman–Crippen MR) is 75.2 cm³/mol. The van der Waals surface area contributed by atoms with Crippen LogP contribution in [0.5, 0.6) is 0 Å². The second-order valence-corrected chi connectivity index (χ2v) is 4.87. The molecule has 0 saturated carbocycles. The Bertz CT molecular complexity index is 152. The normalized spacial score (nSPS) is 11.1. The average molecular weight is 324 g/mol. The van der Waals surface area contributed by atoms with E-state index in [9.17, 15) is 0 Å². The van der Waals surface area contributed by atoms with Crippen molar-refractivity contribution in [3.8, 4) is 0 Å². The topological polar surface area (TPSA) is 40.5 Å². The van der Waals surface area contributed by atoms with Crippen molar-refractivity contribution in [1.29, 1.82) is 0 Å². The molecule has 0 spiro atoms. The van der Waals surface area contributed by atoms with Gasteiger partial charge < -0.3 is 10.0 Å². The van der Waals surface area contributed by atoms with Crippen LogP contribution in [0.25, 0.3) is 0 Å². The van der Waals surface area contributed by atoms with Crippen molar-refractivity contribution >= 4 is 29.7 Å². The first-order valence-electron chi connectivity index (χ1n) is 5.86. The minimum Gasteiger partial charge on any atom is -0.424 e. The van der Waals surface area contributed by atoms with Crippen molar-refractivity contribution in [2.75, 3.05) is 4.43 Å². The third kappa shape index (κ3) is 14.5. The number of alkyl halides is 1. The smallest absolute Gasteiger partial charge is 0.424 e. The van der Waals surface area contributed by atoms with Crippen LogP contribution in [0, 0.1) is 0 Å². The monoisotopic (exact) mass is 324 g/mol. The lowest BCUT2D eigenvalue weighted by atomic mass is 9.91. The van der Waals surface area contributed by atoms with E-state index in [0.29, 0.717) is 0 Å². The molecule has 0 heterocycles. The molecule has 0 aliphatic carbocycles. The lowest BCUT2D eigenvalue weighted by Crippen LogP contribution is -2.05. The van der Waals surface area contributed by atoms with E-state index in [1.807, 2.05) is 6.08 Å². The van der Waals surface area contributed by atoms with E-state index in [4.69, 9.17) is 10.0 Å². The number of hydrogen-bond donors (Lipinski definition) is 2. The maximum absolute atomic E-state index is 8.54. The van der Waals surface area contributed by atoms with Crippen LogP contribution in [-0.4, -0.2) is 21.6 Å². The average Bonchev–Trinajstić information content (AvgIpc) is 2.20. The van der Waals surface area contributed by atoms with Gasteiger partial charge in [-0.25, -0.2) is 0 Å². The van der Waals surface area contributed by atoms with Crippen LogP contribution in [0.3, 0.4) is 0 Å². The molecular formula is C11H22BIO2. The van der Waals surface area contributed by atoms with Gasteiger partial charge in [0.15, 0.2) is 0 Å². The zero-order valence-electron chi connectivity index (χ0n) is 9.37. The van der Waals surface area contributed by atoms with Gasteiger partial charge in [0.05, 0.1) is 0 Å². The summed E-state index contributed by atoms with van der Waals surface area (Å²) in [6.45, 7) is 0. The van der Waals surface area contributed by atoms with Crippen LogP contribution in [0.2, 0.25) is 0 Å². The summed E-state index contributed by atoms with van der Waals surface area (Å²) in [5, 5.41) is 17.1. The Hall–Kier alpha value is 0.455. The largest absolute Gasteiger partial charge is 0.480 e. The summed E-state index contributed by atoms with van der Waals surface area (Å²) in [4.78, 5) is 0. The summed E-state index contributed by atoms with van der Waals surface area (Å²) in [6, 6.07) is 0. The standard InChI is InChI=1S/C11H22BIO2/c13-11-9-7-5-3-1-2-4-6-8-10-12(14)15/h8,10,14-15H,1-7,9,11H2/b10-8+. The zero-order chi connectivity index (χ0) is 11.4. The van der Waals surface area contributed by atoms with Crippen LogP contribution in [0.15, 0.2) is 12.1 Å². The Morgan fingerprint density at radius 1 is 0.867 bits per heavy atom. The van der Waals surface area contributed by atoms with Gasteiger partial charge >= 0.3 is 7.12 Å². The number of allylic oxidation sites excluding steroid dienone is 1. The maximum Gasteiger partial charge on any atom is 0.480 e. The molecule has 0 saturated heterocycles. The molecule has 0 aromatic rings. The molecular weight excluding hydrogens is 302 g/mol. The fraction of sp³-hybridized carbons (Fsp3) is 0.818. The van der Waals surface area contributed by atoms with Crippen molar-refractivity contribution in [2.24, 2.45) is 0 Å². The van der Waals surface area contributed by atoms with Crippen LogP contribution in [0.1, 0.15) is 51.4 Å². The van der Waals surface area contributed by atoms with E-state index in [0.717, 1.165) is 12.8 Å². The molecule has 88 valence electrons. The summed E-state index contributed by atoms with van der Waals surface area (Å²) in [5.74, 6) is 1.43. The molecule has 0 aliphatic rings. The predicted octanol–water partition coefficient (Wildman–Crippen LogP) is 3.11. The minimum absolute atomic E-state index is 0.964. The van der Waals surface area contributed by atoms with Crippen molar-refractivity contribution in [3.05, 3.63) is 12.1 Å². The van der Waals surface area contributed by atoms with Crippen molar-refractivity contribution in [2.45, 2.75) is 51.4 Å². The van der Waals surface area contributed by atoms with E-state index in [1.54, 1.807) is 0 Å². The van der Waals surface area contributed by atoms with E-state index >= 15 is 0 Å². The quantitative estimate of drug-likeness (QED) is 0.281.